The molecule has 0 fully saturated rings. The van der Waals surface area contributed by atoms with Crippen LogP contribution in [0.15, 0.2) is 53.5 Å². The van der Waals surface area contributed by atoms with Gasteiger partial charge in [-0.3, -0.25) is 14.4 Å². The minimum Gasteiger partial charge on any atom is -0.348 e. The Bertz CT molecular complexity index is 1460. The molecule has 0 aliphatic rings. The third-order valence-electron chi connectivity index (χ3n) is 6.22. The molecule has 2 N–H and O–H groups in total. The number of pyridine rings is 1. The summed E-state index contributed by atoms with van der Waals surface area (Å²) in [6, 6.07) is 13.4. The molecule has 0 spiro atoms. The summed E-state index contributed by atoms with van der Waals surface area (Å²) < 4.78 is 2.17. The first-order valence-electron chi connectivity index (χ1n) is 11.4. The van der Waals surface area contributed by atoms with Crippen LogP contribution in [-0.2, 0) is 6.54 Å². The molecule has 0 saturated carbocycles. The van der Waals surface area contributed by atoms with Crippen LogP contribution in [0.1, 0.15) is 63.0 Å². The lowest BCUT2D eigenvalue weighted by Crippen LogP contribution is -2.28. The zero-order valence-electron chi connectivity index (χ0n) is 20.2. The Hall–Kier alpha value is -3.93. The van der Waals surface area contributed by atoms with E-state index in [9.17, 15) is 14.4 Å². The number of aryl methyl sites for hydroxylation is 3. The molecule has 0 bridgehead atoms. The first kappa shape index (κ1) is 23.2. The summed E-state index contributed by atoms with van der Waals surface area (Å²) in [6.07, 6.45) is 2.88. The highest BCUT2D eigenvalue weighted by Crippen LogP contribution is 2.33. The Morgan fingerprint density at radius 3 is 2.35 bits per heavy atom. The second-order valence-electron chi connectivity index (χ2n) is 9.10. The number of amides is 1. The summed E-state index contributed by atoms with van der Waals surface area (Å²) in [5, 5.41) is 3.85. The summed E-state index contributed by atoms with van der Waals surface area (Å²) in [4.78, 5) is 39.7. The molecule has 2 aromatic heterocycles. The van der Waals surface area contributed by atoms with Crippen molar-refractivity contribution in [2.75, 3.05) is 0 Å². The zero-order chi connectivity index (χ0) is 24.6. The SMILES string of the molecule is Cc1cc(C)c(CNC(=O)c2cc(-c3ccc(C=O)cc3)cc3c2c(C)cn3C(C)C)c(=O)[nH]1. The Balaban J connectivity index is 1.80. The number of carbonyl (C=O) groups is 2. The minimum atomic E-state index is -0.236. The third kappa shape index (κ3) is 4.31. The first-order chi connectivity index (χ1) is 16.2. The lowest BCUT2D eigenvalue weighted by Gasteiger charge is -2.14. The summed E-state index contributed by atoms with van der Waals surface area (Å²) >= 11 is 0. The van der Waals surface area contributed by atoms with Crippen LogP contribution in [-0.4, -0.2) is 21.7 Å². The van der Waals surface area contributed by atoms with Gasteiger partial charge in [0.05, 0.1) is 0 Å². The molecule has 0 atom stereocenters. The van der Waals surface area contributed by atoms with Gasteiger partial charge in [0.15, 0.2) is 0 Å². The van der Waals surface area contributed by atoms with Gasteiger partial charge >= 0.3 is 0 Å². The van der Waals surface area contributed by atoms with E-state index in [1.165, 1.54) is 0 Å². The fraction of sp³-hybridized carbons (Fsp3) is 0.250. The Kier molecular flexibility index (Phi) is 6.24. The standard InChI is InChI=1S/C28H29N3O3/c1-16(2)31-14-18(4)26-23(27(33)29-13-24-17(3)10-19(5)30-28(24)34)11-22(12-25(26)31)21-8-6-20(15-32)7-9-21/h6-12,14-16H,13H2,1-5H3,(H,29,33)(H,30,34). The molecule has 0 saturated heterocycles. The third-order valence-corrected chi connectivity index (χ3v) is 6.22. The number of rotatable bonds is 6. The molecule has 0 radical (unpaired) electrons. The summed E-state index contributed by atoms with van der Waals surface area (Å²) in [5.41, 5.74) is 6.95. The van der Waals surface area contributed by atoms with E-state index in [0.717, 1.165) is 45.1 Å². The van der Waals surface area contributed by atoms with Crippen molar-refractivity contribution in [3.8, 4) is 11.1 Å². The van der Waals surface area contributed by atoms with E-state index in [-0.39, 0.29) is 24.1 Å². The van der Waals surface area contributed by atoms with Crippen LogP contribution in [0.25, 0.3) is 22.0 Å². The van der Waals surface area contributed by atoms with Gasteiger partial charge in [0.2, 0.25) is 0 Å². The second-order valence-corrected chi connectivity index (χ2v) is 9.10. The molecule has 0 unspecified atom stereocenters. The van der Waals surface area contributed by atoms with Gasteiger partial charge < -0.3 is 14.9 Å². The number of nitrogens with one attached hydrogen (secondary N) is 2. The van der Waals surface area contributed by atoms with E-state index < -0.39 is 0 Å². The number of benzene rings is 2. The number of carbonyl (C=O) groups excluding carboxylic acids is 2. The first-order valence-corrected chi connectivity index (χ1v) is 11.4. The normalized spacial score (nSPS) is 11.2. The van der Waals surface area contributed by atoms with Crippen molar-refractivity contribution in [2.45, 2.75) is 47.2 Å². The fourth-order valence-electron chi connectivity index (χ4n) is 4.48. The maximum atomic E-state index is 13.5. The molecule has 6 heteroatoms. The largest absolute Gasteiger partial charge is 0.348 e. The number of fused-ring (bicyclic) bond motifs is 1. The summed E-state index contributed by atoms with van der Waals surface area (Å²) in [7, 11) is 0. The number of aromatic nitrogens is 2. The number of hydrogen-bond donors (Lipinski definition) is 2. The van der Waals surface area contributed by atoms with Crippen molar-refractivity contribution in [3.63, 3.8) is 0 Å². The number of hydrogen-bond acceptors (Lipinski definition) is 3. The highest BCUT2D eigenvalue weighted by Gasteiger charge is 2.19. The van der Waals surface area contributed by atoms with E-state index in [4.69, 9.17) is 0 Å². The molecule has 174 valence electrons. The van der Waals surface area contributed by atoms with Crippen molar-refractivity contribution in [1.29, 1.82) is 0 Å². The highest BCUT2D eigenvalue weighted by atomic mass is 16.2. The van der Waals surface area contributed by atoms with Crippen LogP contribution in [0, 0.1) is 20.8 Å². The van der Waals surface area contributed by atoms with Crippen molar-refractivity contribution < 1.29 is 9.59 Å². The van der Waals surface area contributed by atoms with Gasteiger partial charge in [-0.25, -0.2) is 0 Å². The predicted molar refractivity (Wildman–Crippen MR) is 136 cm³/mol. The van der Waals surface area contributed by atoms with Crippen molar-refractivity contribution in [2.24, 2.45) is 0 Å². The molecule has 2 aromatic carbocycles. The maximum absolute atomic E-state index is 13.5. The zero-order valence-corrected chi connectivity index (χ0v) is 20.2. The molecular weight excluding hydrogens is 426 g/mol. The molecule has 0 aliphatic carbocycles. The molecule has 34 heavy (non-hydrogen) atoms. The van der Waals surface area contributed by atoms with Crippen molar-refractivity contribution >= 4 is 23.1 Å². The van der Waals surface area contributed by atoms with Crippen LogP contribution in [0.5, 0.6) is 0 Å². The van der Waals surface area contributed by atoms with Gasteiger partial charge in [0.25, 0.3) is 11.5 Å². The van der Waals surface area contributed by atoms with Crippen LogP contribution in [0.4, 0.5) is 0 Å². The van der Waals surface area contributed by atoms with E-state index in [1.54, 1.807) is 12.1 Å². The molecule has 1 amide bonds. The summed E-state index contributed by atoms with van der Waals surface area (Å²) in [6.45, 7) is 10.1. The van der Waals surface area contributed by atoms with E-state index in [0.29, 0.717) is 16.7 Å². The Labute approximate surface area is 198 Å². The maximum Gasteiger partial charge on any atom is 0.253 e. The smallest absolute Gasteiger partial charge is 0.253 e. The molecular formula is C28H29N3O3. The quantitative estimate of drug-likeness (QED) is 0.390. The van der Waals surface area contributed by atoms with E-state index in [1.807, 2.05) is 45.0 Å². The average molecular weight is 456 g/mol. The Morgan fingerprint density at radius 1 is 1.03 bits per heavy atom. The van der Waals surface area contributed by atoms with Gasteiger partial charge in [0, 0.05) is 52.1 Å². The lowest BCUT2D eigenvalue weighted by molar-refractivity contribution is 0.0952. The van der Waals surface area contributed by atoms with Gasteiger partial charge in [-0.2, -0.15) is 0 Å². The number of nitrogens with zero attached hydrogens (tertiary/aromatic N) is 1. The van der Waals surface area contributed by atoms with Crippen LogP contribution in [0.2, 0.25) is 0 Å². The van der Waals surface area contributed by atoms with Gasteiger partial charge in [0.1, 0.15) is 6.29 Å². The predicted octanol–water partition coefficient (Wildman–Crippen LogP) is 5.25. The molecule has 6 nitrogen and oxygen atoms in total. The van der Waals surface area contributed by atoms with Crippen LogP contribution in [0.3, 0.4) is 0 Å². The van der Waals surface area contributed by atoms with Crippen molar-refractivity contribution in [1.82, 2.24) is 14.9 Å². The van der Waals surface area contributed by atoms with Crippen molar-refractivity contribution in [3.05, 3.63) is 92.5 Å². The second kappa shape index (κ2) is 9.14. The van der Waals surface area contributed by atoms with E-state index >= 15 is 0 Å². The topological polar surface area (TPSA) is 84.0 Å². The molecule has 4 rings (SSSR count). The number of H-pyrrole nitrogens is 1. The van der Waals surface area contributed by atoms with Gasteiger partial charge in [-0.1, -0.05) is 24.3 Å². The fourth-order valence-corrected chi connectivity index (χ4v) is 4.48. The van der Waals surface area contributed by atoms with Crippen LogP contribution >= 0.6 is 0 Å². The molecule has 0 aliphatic heterocycles. The summed E-state index contributed by atoms with van der Waals surface area (Å²) in [5.74, 6) is -0.236. The van der Waals surface area contributed by atoms with Crippen LogP contribution < -0.4 is 10.9 Å². The molecule has 4 aromatic rings. The van der Waals surface area contributed by atoms with Gasteiger partial charge in [-0.05, 0) is 75.1 Å². The highest BCUT2D eigenvalue weighted by molar-refractivity contribution is 6.09. The number of aldehydes is 1. The number of aromatic amines is 1. The minimum absolute atomic E-state index is 0.143. The Morgan fingerprint density at radius 2 is 1.74 bits per heavy atom. The monoisotopic (exact) mass is 455 g/mol. The molecule has 2 heterocycles. The lowest BCUT2D eigenvalue weighted by atomic mass is 9.97. The van der Waals surface area contributed by atoms with E-state index in [2.05, 4.69) is 41.0 Å². The van der Waals surface area contributed by atoms with Gasteiger partial charge in [-0.15, -0.1) is 0 Å². The average Bonchev–Trinajstić information content (AvgIpc) is 3.14.